The van der Waals surface area contributed by atoms with E-state index in [9.17, 15) is 14.4 Å². The molecule has 9 heteroatoms. The first-order valence-corrected chi connectivity index (χ1v) is 12.9. The Balaban J connectivity index is 1.80. The number of anilines is 1. The van der Waals surface area contributed by atoms with Crippen molar-refractivity contribution in [1.82, 2.24) is 20.3 Å². The van der Waals surface area contributed by atoms with E-state index in [-0.39, 0.29) is 24.1 Å². The van der Waals surface area contributed by atoms with Crippen molar-refractivity contribution in [2.75, 3.05) is 18.6 Å². The fraction of sp³-hybridized carbons (Fsp3) is 0.300. The molecule has 0 unspecified atom stereocenters. The molecule has 0 saturated carbocycles. The van der Waals surface area contributed by atoms with E-state index in [1.807, 2.05) is 24.3 Å². The molecule has 0 saturated heterocycles. The summed E-state index contributed by atoms with van der Waals surface area (Å²) in [6, 6.07) is 20.2. The summed E-state index contributed by atoms with van der Waals surface area (Å²) in [6.45, 7) is 5.97. The number of carbonyl (C=O) groups is 3. The second kappa shape index (κ2) is 12.3. The molecule has 3 aromatic carbocycles. The van der Waals surface area contributed by atoms with Gasteiger partial charge in [-0.1, -0.05) is 43.3 Å². The zero-order valence-corrected chi connectivity index (χ0v) is 22.6. The first-order valence-electron chi connectivity index (χ1n) is 12.9. The lowest BCUT2D eigenvalue weighted by molar-refractivity contribution is -0.127. The van der Waals surface area contributed by atoms with Crippen molar-refractivity contribution in [3.8, 4) is 5.75 Å². The van der Waals surface area contributed by atoms with Gasteiger partial charge in [-0.05, 0) is 73.4 Å². The topological polar surface area (TPSA) is 106 Å². The predicted molar refractivity (Wildman–Crippen MR) is 150 cm³/mol. The number of ketones is 1. The van der Waals surface area contributed by atoms with Crippen LogP contribution in [0.5, 0.6) is 5.75 Å². The van der Waals surface area contributed by atoms with Gasteiger partial charge in [-0.2, -0.15) is 0 Å². The Morgan fingerprint density at radius 2 is 1.74 bits per heavy atom. The summed E-state index contributed by atoms with van der Waals surface area (Å²) in [4.78, 5) is 41.3. The minimum atomic E-state index is -1.00. The highest BCUT2D eigenvalue weighted by atomic mass is 16.5. The van der Waals surface area contributed by atoms with Gasteiger partial charge in [-0.3, -0.25) is 19.3 Å². The number of hydrogen-bond acceptors (Lipinski definition) is 6. The SMILES string of the molecule is COc1cccc([C@@H](C(=O)NCCC(C)C)N(C(=O)Cn2nnc3ccccc32)c2ccc(C(C)=O)cc2)c1. The lowest BCUT2D eigenvalue weighted by Gasteiger charge is -2.32. The first kappa shape index (κ1) is 27.5. The Labute approximate surface area is 227 Å². The molecule has 0 aliphatic carbocycles. The molecule has 0 spiro atoms. The fourth-order valence-electron chi connectivity index (χ4n) is 4.34. The van der Waals surface area contributed by atoms with Crippen LogP contribution in [-0.2, 0) is 16.1 Å². The van der Waals surface area contributed by atoms with Crippen molar-refractivity contribution in [2.24, 2.45) is 5.92 Å². The second-order valence-corrected chi connectivity index (χ2v) is 9.76. The van der Waals surface area contributed by atoms with E-state index in [1.54, 1.807) is 55.6 Å². The Kier molecular flexibility index (Phi) is 8.70. The molecule has 1 heterocycles. The van der Waals surface area contributed by atoms with Crippen molar-refractivity contribution >= 4 is 34.3 Å². The normalized spacial score (nSPS) is 11.8. The lowest BCUT2D eigenvalue weighted by atomic mass is 10.0. The van der Waals surface area contributed by atoms with Crippen molar-refractivity contribution in [3.05, 3.63) is 83.9 Å². The number of nitrogens with one attached hydrogen (secondary N) is 1. The van der Waals surface area contributed by atoms with Gasteiger partial charge in [0.25, 0.3) is 0 Å². The van der Waals surface area contributed by atoms with Crippen molar-refractivity contribution in [3.63, 3.8) is 0 Å². The van der Waals surface area contributed by atoms with Crippen LogP contribution < -0.4 is 15.0 Å². The number of fused-ring (bicyclic) bond motifs is 1. The van der Waals surface area contributed by atoms with E-state index < -0.39 is 6.04 Å². The van der Waals surface area contributed by atoms with Gasteiger partial charge in [-0.25, -0.2) is 4.68 Å². The number of ether oxygens (including phenoxy) is 1. The zero-order valence-electron chi connectivity index (χ0n) is 22.6. The Bertz CT molecular complexity index is 1460. The quantitative estimate of drug-likeness (QED) is 0.286. The molecule has 0 fully saturated rings. The third kappa shape index (κ3) is 6.49. The number of Topliss-reactive ketones (excluding diaryl/α,β-unsaturated/α-hetero) is 1. The number of benzene rings is 3. The Morgan fingerprint density at radius 1 is 1.00 bits per heavy atom. The van der Waals surface area contributed by atoms with Gasteiger partial charge in [0.05, 0.1) is 12.6 Å². The number of rotatable bonds is 11. The van der Waals surface area contributed by atoms with Crippen LogP contribution in [0.25, 0.3) is 11.0 Å². The number of hydrogen-bond donors (Lipinski definition) is 1. The summed E-state index contributed by atoms with van der Waals surface area (Å²) in [6.07, 6.45) is 0.794. The number of carbonyl (C=O) groups excluding carboxylic acids is 3. The molecule has 1 aromatic heterocycles. The first-order chi connectivity index (χ1) is 18.8. The number of nitrogens with zero attached hydrogens (tertiary/aromatic N) is 4. The molecule has 202 valence electrons. The van der Waals surface area contributed by atoms with E-state index in [0.717, 1.165) is 6.42 Å². The Morgan fingerprint density at radius 3 is 2.44 bits per heavy atom. The zero-order chi connectivity index (χ0) is 27.9. The maximum atomic E-state index is 14.1. The summed E-state index contributed by atoms with van der Waals surface area (Å²) >= 11 is 0. The van der Waals surface area contributed by atoms with Crippen LogP contribution in [0.1, 0.15) is 49.2 Å². The number of para-hydroxylation sites is 1. The van der Waals surface area contributed by atoms with Gasteiger partial charge in [0.1, 0.15) is 23.9 Å². The fourth-order valence-corrected chi connectivity index (χ4v) is 4.34. The van der Waals surface area contributed by atoms with Crippen LogP contribution in [0.3, 0.4) is 0 Å². The van der Waals surface area contributed by atoms with E-state index >= 15 is 0 Å². The summed E-state index contributed by atoms with van der Waals surface area (Å²) in [7, 11) is 1.55. The maximum absolute atomic E-state index is 14.1. The summed E-state index contributed by atoms with van der Waals surface area (Å²) in [5.41, 5.74) is 2.94. The molecule has 0 bridgehead atoms. The van der Waals surface area contributed by atoms with Gasteiger partial charge < -0.3 is 10.1 Å². The third-order valence-corrected chi connectivity index (χ3v) is 6.46. The highest BCUT2D eigenvalue weighted by Gasteiger charge is 2.33. The van der Waals surface area contributed by atoms with Crippen LogP contribution >= 0.6 is 0 Å². The molecule has 1 N–H and O–H groups in total. The molecule has 0 aliphatic heterocycles. The molecule has 39 heavy (non-hydrogen) atoms. The largest absolute Gasteiger partial charge is 0.497 e. The van der Waals surface area contributed by atoms with Crippen molar-refractivity contribution in [1.29, 1.82) is 0 Å². The molecule has 4 aromatic rings. The molecule has 0 radical (unpaired) electrons. The molecule has 2 amide bonds. The van der Waals surface area contributed by atoms with Gasteiger partial charge in [-0.15, -0.1) is 5.10 Å². The van der Waals surface area contributed by atoms with Gasteiger partial charge in [0, 0.05) is 17.8 Å². The van der Waals surface area contributed by atoms with E-state index in [0.29, 0.717) is 46.1 Å². The lowest BCUT2D eigenvalue weighted by Crippen LogP contribution is -2.45. The van der Waals surface area contributed by atoms with Gasteiger partial charge in [0.2, 0.25) is 11.8 Å². The van der Waals surface area contributed by atoms with Crippen LogP contribution in [-0.4, -0.2) is 46.2 Å². The summed E-state index contributed by atoms with van der Waals surface area (Å²) in [5.74, 6) is 0.181. The molecule has 0 aliphatic rings. The molecule has 1 atom stereocenters. The highest BCUT2D eigenvalue weighted by Crippen LogP contribution is 2.31. The average molecular weight is 528 g/mol. The van der Waals surface area contributed by atoms with Crippen molar-refractivity contribution < 1.29 is 19.1 Å². The number of amides is 2. The molecule has 9 nitrogen and oxygen atoms in total. The third-order valence-electron chi connectivity index (χ3n) is 6.46. The monoisotopic (exact) mass is 527 g/mol. The minimum absolute atomic E-state index is 0.0933. The van der Waals surface area contributed by atoms with Gasteiger partial charge in [0.15, 0.2) is 5.78 Å². The number of methoxy groups -OCH3 is 1. The van der Waals surface area contributed by atoms with Crippen LogP contribution in [0, 0.1) is 5.92 Å². The molecular formula is C30H33N5O4. The molecular weight excluding hydrogens is 494 g/mol. The maximum Gasteiger partial charge on any atom is 0.249 e. The van der Waals surface area contributed by atoms with E-state index in [1.165, 1.54) is 16.5 Å². The summed E-state index contributed by atoms with van der Waals surface area (Å²) in [5, 5.41) is 11.3. The predicted octanol–water partition coefficient (Wildman–Crippen LogP) is 4.58. The standard InChI is InChI=1S/C30H33N5O4/c1-20(2)16-17-31-30(38)29(23-8-7-9-25(18-23)39-4)35(24-14-12-22(13-15-24)21(3)36)28(37)19-34-27-11-6-5-10-26(27)32-33-34/h5-15,18,20,29H,16-17,19H2,1-4H3,(H,31,38)/t29-/m0/s1. The van der Waals surface area contributed by atoms with E-state index in [2.05, 4.69) is 29.5 Å². The minimum Gasteiger partial charge on any atom is -0.497 e. The highest BCUT2D eigenvalue weighted by molar-refractivity contribution is 6.02. The summed E-state index contributed by atoms with van der Waals surface area (Å²) < 4.78 is 6.95. The van der Waals surface area contributed by atoms with Crippen LogP contribution in [0.2, 0.25) is 0 Å². The van der Waals surface area contributed by atoms with E-state index in [4.69, 9.17) is 4.74 Å². The van der Waals surface area contributed by atoms with Crippen LogP contribution in [0.4, 0.5) is 5.69 Å². The molecule has 4 rings (SSSR count). The Hall–Kier alpha value is -4.53. The average Bonchev–Trinajstić information content (AvgIpc) is 3.34. The number of aromatic nitrogens is 3. The van der Waals surface area contributed by atoms with Gasteiger partial charge >= 0.3 is 0 Å². The van der Waals surface area contributed by atoms with Crippen molar-refractivity contribution in [2.45, 2.75) is 39.8 Å². The second-order valence-electron chi connectivity index (χ2n) is 9.76. The van der Waals surface area contributed by atoms with Crippen LogP contribution in [0.15, 0.2) is 72.8 Å². The smallest absolute Gasteiger partial charge is 0.249 e.